The number of hydrogen-bond donors (Lipinski definition) is 1. The van der Waals surface area contributed by atoms with Gasteiger partial charge in [-0.15, -0.1) is 0 Å². The van der Waals surface area contributed by atoms with Crippen LogP contribution in [0.3, 0.4) is 0 Å². The zero-order valence-electron chi connectivity index (χ0n) is 11.9. The number of carbonyl (C=O) groups is 1. The van der Waals surface area contributed by atoms with Gasteiger partial charge in [0.25, 0.3) is 5.91 Å². The van der Waals surface area contributed by atoms with Crippen molar-refractivity contribution in [2.75, 3.05) is 6.54 Å². The topological polar surface area (TPSA) is 64.4 Å². The molecule has 6 heteroatoms. The Morgan fingerprint density at radius 2 is 2.24 bits per heavy atom. The third-order valence-electron chi connectivity index (χ3n) is 2.94. The minimum absolute atomic E-state index is 0.177. The molecule has 1 unspecified atom stereocenters. The molecule has 1 N–H and O–H groups in total. The van der Waals surface area contributed by atoms with Gasteiger partial charge in [-0.05, 0) is 25.5 Å². The number of carbonyl (C=O) groups excluding carboxylic acids is 1. The van der Waals surface area contributed by atoms with Gasteiger partial charge in [0, 0.05) is 6.07 Å². The Morgan fingerprint density at radius 1 is 1.48 bits per heavy atom. The van der Waals surface area contributed by atoms with E-state index in [1.54, 1.807) is 31.2 Å². The first-order chi connectivity index (χ1) is 10.1. The average Bonchev–Trinajstić information content (AvgIpc) is 2.91. The Hall–Kier alpha value is -2.37. The highest BCUT2D eigenvalue weighted by atomic mass is 19.1. The highest BCUT2D eigenvalue weighted by Gasteiger charge is 2.15. The molecule has 0 saturated heterocycles. The molecule has 112 valence electrons. The Kier molecular flexibility index (Phi) is 4.92. The average molecular weight is 292 g/mol. The van der Waals surface area contributed by atoms with E-state index < -0.39 is 5.82 Å². The second kappa shape index (κ2) is 6.88. The number of benzene rings is 1. The van der Waals surface area contributed by atoms with E-state index in [0.29, 0.717) is 12.2 Å². The standard InChI is InChI=1S/C15H17FN2O3/c1-3-11(20-14-7-5-4-6-12(14)16)9-17-15(19)13-8-10(2)21-18-13/h4-8,11H,3,9H2,1-2H3,(H,17,19). The smallest absolute Gasteiger partial charge is 0.273 e. The number of hydrogen-bond acceptors (Lipinski definition) is 4. The van der Waals surface area contributed by atoms with E-state index in [4.69, 9.17) is 9.26 Å². The molecule has 1 heterocycles. The molecule has 0 saturated carbocycles. The predicted molar refractivity (Wildman–Crippen MR) is 74.7 cm³/mol. The number of ether oxygens (including phenoxy) is 1. The molecule has 1 amide bonds. The molecule has 1 atom stereocenters. The van der Waals surface area contributed by atoms with Crippen molar-refractivity contribution in [2.45, 2.75) is 26.4 Å². The minimum Gasteiger partial charge on any atom is -0.486 e. The third-order valence-corrected chi connectivity index (χ3v) is 2.94. The Balaban J connectivity index is 1.91. The van der Waals surface area contributed by atoms with E-state index in [2.05, 4.69) is 10.5 Å². The van der Waals surface area contributed by atoms with Crippen molar-refractivity contribution in [1.82, 2.24) is 10.5 Å². The quantitative estimate of drug-likeness (QED) is 0.889. The zero-order valence-corrected chi connectivity index (χ0v) is 11.9. The number of halogens is 1. The Labute approximate surface area is 122 Å². The third kappa shape index (κ3) is 4.05. The van der Waals surface area contributed by atoms with Crippen molar-refractivity contribution in [3.63, 3.8) is 0 Å². The van der Waals surface area contributed by atoms with Gasteiger partial charge in [-0.1, -0.05) is 24.2 Å². The second-order valence-electron chi connectivity index (χ2n) is 4.61. The number of aryl methyl sites for hydroxylation is 1. The monoisotopic (exact) mass is 292 g/mol. The number of aromatic nitrogens is 1. The SMILES string of the molecule is CCC(CNC(=O)c1cc(C)on1)Oc1ccccc1F. The Morgan fingerprint density at radius 3 is 2.86 bits per heavy atom. The molecule has 0 aliphatic rings. The summed E-state index contributed by atoms with van der Waals surface area (Å²) in [6.07, 6.45) is 0.311. The first-order valence-electron chi connectivity index (χ1n) is 6.73. The fourth-order valence-electron chi connectivity index (χ4n) is 1.76. The summed E-state index contributed by atoms with van der Waals surface area (Å²) in [4.78, 5) is 11.8. The highest BCUT2D eigenvalue weighted by molar-refractivity contribution is 5.92. The number of amides is 1. The summed E-state index contributed by atoms with van der Waals surface area (Å²) < 4.78 is 23.9. The van der Waals surface area contributed by atoms with Crippen LogP contribution < -0.4 is 10.1 Å². The van der Waals surface area contributed by atoms with E-state index in [1.807, 2.05) is 6.92 Å². The summed E-state index contributed by atoms with van der Waals surface area (Å²) in [5.41, 5.74) is 0.216. The number of rotatable bonds is 6. The van der Waals surface area contributed by atoms with Crippen LogP contribution in [0.25, 0.3) is 0 Å². The van der Waals surface area contributed by atoms with E-state index >= 15 is 0 Å². The van der Waals surface area contributed by atoms with Crippen molar-refractivity contribution < 1.29 is 18.4 Å². The normalized spacial score (nSPS) is 12.0. The lowest BCUT2D eigenvalue weighted by atomic mass is 10.2. The van der Waals surface area contributed by atoms with Crippen LogP contribution >= 0.6 is 0 Å². The molecule has 0 spiro atoms. The molecule has 0 radical (unpaired) electrons. The van der Waals surface area contributed by atoms with Gasteiger partial charge in [0.15, 0.2) is 17.3 Å². The van der Waals surface area contributed by atoms with Crippen molar-refractivity contribution in [1.29, 1.82) is 0 Å². The van der Waals surface area contributed by atoms with Gasteiger partial charge >= 0.3 is 0 Å². The summed E-state index contributed by atoms with van der Waals surface area (Å²) in [5.74, 6) is -0.0255. The molecule has 0 aliphatic heterocycles. The van der Waals surface area contributed by atoms with Crippen LogP contribution in [0, 0.1) is 12.7 Å². The lowest BCUT2D eigenvalue weighted by molar-refractivity contribution is 0.0915. The van der Waals surface area contributed by atoms with Crippen LogP contribution in [0.4, 0.5) is 4.39 Å². The van der Waals surface area contributed by atoms with Gasteiger partial charge in [-0.3, -0.25) is 4.79 Å². The van der Waals surface area contributed by atoms with Crippen LogP contribution in [0.5, 0.6) is 5.75 Å². The van der Waals surface area contributed by atoms with Crippen molar-refractivity contribution in [3.05, 3.63) is 47.6 Å². The molecule has 1 aromatic heterocycles. The second-order valence-corrected chi connectivity index (χ2v) is 4.61. The van der Waals surface area contributed by atoms with Crippen molar-refractivity contribution in [3.8, 4) is 5.75 Å². The van der Waals surface area contributed by atoms with Gasteiger partial charge in [0.2, 0.25) is 0 Å². The summed E-state index contributed by atoms with van der Waals surface area (Å²) in [6.45, 7) is 3.87. The molecule has 0 bridgehead atoms. The van der Waals surface area contributed by atoms with Gasteiger partial charge in [-0.2, -0.15) is 0 Å². The van der Waals surface area contributed by atoms with Crippen molar-refractivity contribution >= 4 is 5.91 Å². The number of para-hydroxylation sites is 1. The first kappa shape index (κ1) is 15.0. The summed E-state index contributed by atoms with van der Waals surface area (Å²) >= 11 is 0. The molecule has 2 rings (SSSR count). The maximum absolute atomic E-state index is 13.5. The van der Waals surface area contributed by atoms with Gasteiger partial charge in [-0.25, -0.2) is 4.39 Å². The predicted octanol–water partition coefficient (Wildman–Crippen LogP) is 2.71. The van der Waals surface area contributed by atoms with Crippen molar-refractivity contribution in [2.24, 2.45) is 0 Å². The van der Waals surface area contributed by atoms with Crippen LogP contribution in [0.1, 0.15) is 29.6 Å². The maximum atomic E-state index is 13.5. The lowest BCUT2D eigenvalue weighted by Crippen LogP contribution is -2.35. The summed E-state index contributed by atoms with van der Waals surface area (Å²) in [5, 5.41) is 6.32. The number of nitrogens with zero attached hydrogens (tertiary/aromatic N) is 1. The van der Waals surface area contributed by atoms with Crippen LogP contribution in [0.15, 0.2) is 34.9 Å². The first-order valence-corrected chi connectivity index (χ1v) is 6.73. The van der Waals surface area contributed by atoms with Gasteiger partial charge in [0.1, 0.15) is 11.9 Å². The van der Waals surface area contributed by atoms with Crippen LogP contribution in [-0.4, -0.2) is 23.7 Å². The molecular weight excluding hydrogens is 275 g/mol. The largest absolute Gasteiger partial charge is 0.486 e. The lowest BCUT2D eigenvalue weighted by Gasteiger charge is -2.18. The van der Waals surface area contributed by atoms with Gasteiger partial charge < -0.3 is 14.6 Å². The van der Waals surface area contributed by atoms with E-state index in [-0.39, 0.29) is 30.0 Å². The van der Waals surface area contributed by atoms with E-state index in [1.165, 1.54) is 6.07 Å². The number of nitrogens with one attached hydrogen (secondary N) is 1. The highest BCUT2D eigenvalue weighted by Crippen LogP contribution is 2.17. The zero-order chi connectivity index (χ0) is 15.2. The van der Waals surface area contributed by atoms with E-state index in [0.717, 1.165) is 0 Å². The molecule has 5 nitrogen and oxygen atoms in total. The van der Waals surface area contributed by atoms with Crippen LogP contribution in [-0.2, 0) is 0 Å². The van der Waals surface area contributed by atoms with Gasteiger partial charge in [0.05, 0.1) is 6.54 Å². The molecule has 0 fully saturated rings. The Bertz CT molecular complexity index is 612. The summed E-state index contributed by atoms with van der Waals surface area (Å²) in [7, 11) is 0. The fourth-order valence-corrected chi connectivity index (χ4v) is 1.76. The maximum Gasteiger partial charge on any atom is 0.273 e. The summed E-state index contributed by atoms with van der Waals surface area (Å²) in [6, 6.07) is 7.73. The van der Waals surface area contributed by atoms with Crippen LogP contribution in [0.2, 0.25) is 0 Å². The minimum atomic E-state index is -0.422. The molecule has 1 aromatic carbocycles. The fraction of sp³-hybridized carbons (Fsp3) is 0.333. The molecule has 0 aliphatic carbocycles. The molecule has 21 heavy (non-hydrogen) atoms. The van der Waals surface area contributed by atoms with E-state index in [9.17, 15) is 9.18 Å². The molecule has 2 aromatic rings. The molecular formula is C15H17FN2O3.